The Morgan fingerprint density at radius 3 is 2.09 bits per heavy atom. The Morgan fingerprint density at radius 1 is 1.00 bits per heavy atom. The van der Waals surface area contributed by atoms with Gasteiger partial charge in [0.15, 0.2) is 0 Å². The maximum Gasteiger partial charge on any atom is 0.241 e. The van der Waals surface area contributed by atoms with E-state index in [-0.39, 0.29) is 0 Å². The van der Waals surface area contributed by atoms with Crippen LogP contribution in [-0.4, -0.2) is 15.0 Å². The first kappa shape index (κ1) is 17.0. The predicted octanol–water partition coefficient (Wildman–Crippen LogP) is 3.79. The number of sulfonamides is 1. The monoisotopic (exact) mass is 337 g/mol. The van der Waals surface area contributed by atoms with Crippen molar-refractivity contribution in [1.29, 1.82) is 0 Å². The molecule has 0 heterocycles. The summed E-state index contributed by atoms with van der Waals surface area (Å²) in [5.41, 5.74) is 3.66. The van der Waals surface area contributed by atoms with Gasteiger partial charge in [-0.05, 0) is 56.0 Å². The van der Waals surface area contributed by atoms with E-state index in [4.69, 9.17) is 11.6 Å². The first-order valence-corrected chi connectivity index (χ1v) is 8.97. The van der Waals surface area contributed by atoms with Gasteiger partial charge >= 0.3 is 0 Å². The number of halogens is 1. The third-order valence-corrected chi connectivity index (χ3v) is 5.51. The second-order valence-corrected chi connectivity index (χ2v) is 7.64. The molecule has 0 aromatic heterocycles. The summed E-state index contributed by atoms with van der Waals surface area (Å²) in [6.07, 6.45) is 0.625. The topological polar surface area (TPSA) is 46.2 Å². The maximum absolute atomic E-state index is 12.5. The van der Waals surface area contributed by atoms with Crippen molar-refractivity contribution in [3.8, 4) is 0 Å². The lowest BCUT2D eigenvalue weighted by molar-refractivity contribution is 0.580. The van der Waals surface area contributed by atoms with Crippen LogP contribution in [0.5, 0.6) is 0 Å². The molecule has 0 aliphatic heterocycles. The molecule has 22 heavy (non-hydrogen) atoms. The lowest BCUT2D eigenvalue weighted by atomic mass is 10.1. The summed E-state index contributed by atoms with van der Waals surface area (Å²) in [6.45, 7) is 5.97. The standard InChI is InChI=1S/C17H20ClNO2S/c1-12-10-13(2)17(14(3)11-12)22(20,21)19-9-8-15-4-6-16(18)7-5-15/h4-7,10-11,19H,8-9H2,1-3H3. The lowest BCUT2D eigenvalue weighted by Gasteiger charge is -2.13. The molecule has 0 aliphatic carbocycles. The third kappa shape index (κ3) is 4.09. The molecule has 0 atom stereocenters. The van der Waals surface area contributed by atoms with E-state index in [9.17, 15) is 8.42 Å². The predicted molar refractivity (Wildman–Crippen MR) is 91.0 cm³/mol. The Labute approximate surface area is 137 Å². The zero-order chi connectivity index (χ0) is 16.3. The maximum atomic E-state index is 12.5. The van der Waals surface area contributed by atoms with E-state index >= 15 is 0 Å². The summed E-state index contributed by atoms with van der Waals surface area (Å²) in [5.74, 6) is 0. The highest BCUT2D eigenvalue weighted by atomic mass is 35.5. The van der Waals surface area contributed by atoms with E-state index in [0.717, 1.165) is 22.3 Å². The minimum absolute atomic E-state index is 0.358. The molecule has 0 amide bonds. The average molecular weight is 338 g/mol. The van der Waals surface area contributed by atoms with Gasteiger partial charge in [0.1, 0.15) is 0 Å². The van der Waals surface area contributed by atoms with E-state index < -0.39 is 10.0 Å². The largest absolute Gasteiger partial charge is 0.241 e. The molecule has 0 unspecified atom stereocenters. The molecule has 2 rings (SSSR count). The molecule has 0 radical (unpaired) electrons. The number of aryl methyl sites for hydroxylation is 3. The van der Waals surface area contributed by atoms with Crippen LogP contribution < -0.4 is 4.72 Å². The Balaban J connectivity index is 2.10. The van der Waals surface area contributed by atoms with Crippen LogP contribution in [0, 0.1) is 20.8 Å². The van der Waals surface area contributed by atoms with Gasteiger partial charge in [0.05, 0.1) is 4.90 Å². The molecule has 118 valence electrons. The van der Waals surface area contributed by atoms with Crippen LogP contribution in [0.1, 0.15) is 22.3 Å². The molecule has 0 aliphatic rings. The SMILES string of the molecule is Cc1cc(C)c(S(=O)(=O)NCCc2ccc(Cl)cc2)c(C)c1. The molecular weight excluding hydrogens is 318 g/mol. The highest BCUT2D eigenvalue weighted by molar-refractivity contribution is 7.89. The van der Waals surface area contributed by atoms with E-state index in [0.29, 0.717) is 22.9 Å². The number of rotatable bonds is 5. The quantitative estimate of drug-likeness (QED) is 0.902. The smallest absolute Gasteiger partial charge is 0.211 e. The highest BCUT2D eigenvalue weighted by Crippen LogP contribution is 2.21. The fourth-order valence-electron chi connectivity index (χ4n) is 2.64. The number of hydrogen-bond donors (Lipinski definition) is 1. The molecule has 5 heteroatoms. The zero-order valence-corrected chi connectivity index (χ0v) is 14.6. The van der Waals surface area contributed by atoms with Crippen molar-refractivity contribution in [3.05, 3.63) is 63.7 Å². The molecule has 1 N–H and O–H groups in total. The fourth-order valence-corrected chi connectivity index (χ4v) is 4.25. The average Bonchev–Trinajstić information content (AvgIpc) is 2.39. The van der Waals surface area contributed by atoms with Crippen LogP contribution in [0.4, 0.5) is 0 Å². The summed E-state index contributed by atoms with van der Waals surface area (Å²) in [5, 5.41) is 0.676. The number of hydrogen-bond acceptors (Lipinski definition) is 2. The van der Waals surface area contributed by atoms with Gasteiger partial charge in [0, 0.05) is 11.6 Å². The molecule has 2 aromatic carbocycles. The van der Waals surface area contributed by atoms with E-state index in [2.05, 4.69) is 4.72 Å². The lowest BCUT2D eigenvalue weighted by Crippen LogP contribution is -2.27. The van der Waals surface area contributed by atoms with Crippen LogP contribution in [0.15, 0.2) is 41.3 Å². The van der Waals surface area contributed by atoms with Crippen LogP contribution in [0.2, 0.25) is 5.02 Å². The summed E-state index contributed by atoms with van der Waals surface area (Å²) in [7, 11) is -3.49. The molecule has 2 aromatic rings. The van der Waals surface area contributed by atoms with Crippen LogP contribution in [-0.2, 0) is 16.4 Å². The summed E-state index contributed by atoms with van der Waals surface area (Å²) in [4.78, 5) is 0.384. The highest BCUT2D eigenvalue weighted by Gasteiger charge is 2.19. The minimum atomic E-state index is -3.49. The number of benzene rings is 2. The molecule has 0 fully saturated rings. The van der Waals surface area contributed by atoms with Gasteiger partial charge in [0.2, 0.25) is 10.0 Å². The van der Waals surface area contributed by atoms with Crippen molar-refractivity contribution in [2.24, 2.45) is 0 Å². The fraction of sp³-hybridized carbons (Fsp3) is 0.294. The van der Waals surface area contributed by atoms with Gasteiger partial charge in [-0.15, -0.1) is 0 Å². The summed E-state index contributed by atoms with van der Waals surface area (Å²) < 4.78 is 27.7. The molecular formula is C17H20ClNO2S. The van der Waals surface area contributed by atoms with Crippen LogP contribution >= 0.6 is 11.6 Å². The van der Waals surface area contributed by atoms with Crippen molar-refractivity contribution in [2.45, 2.75) is 32.1 Å². The second-order valence-electron chi connectivity index (χ2n) is 5.50. The van der Waals surface area contributed by atoms with Crippen molar-refractivity contribution >= 4 is 21.6 Å². The van der Waals surface area contributed by atoms with E-state index in [1.807, 2.05) is 45.0 Å². The van der Waals surface area contributed by atoms with E-state index in [1.54, 1.807) is 12.1 Å². The Morgan fingerprint density at radius 2 is 1.55 bits per heavy atom. The summed E-state index contributed by atoms with van der Waals surface area (Å²) >= 11 is 5.83. The Kier molecular flexibility index (Phi) is 5.27. The van der Waals surface area contributed by atoms with Gasteiger partial charge in [-0.25, -0.2) is 13.1 Å². The van der Waals surface area contributed by atoms with Gasteiger partial charge in [0.25, 0.3) is 0 Å². The van der Waals surface area contributed by atoms with Crippen molar-refractivity contribution in [3.63, 3.8) is 0 Å². The van der Waals surface area contributed by atoms with E-state index in [1.165, 1.54) is 0 Å². The van der Waals surface area contributed by atoms with Crippen LogP contribution in [0.25, 0.3) is 0 Å². The minimum Gasteiger partial charge on any atom is -0.211 e. The first-order chi connectivity index (χ1) is 10.3. The van der Waals surface area contributed by atoms with Gasteiger partial charge < -0.3 is 0 Å². The molecule has 3 nitrogen and oxygen atoms in total. The van der Waals surface area contributed by atoms with Crippen molar-refractivity contribution in [1.82, 2.24) is 4.72 Å². The molecule has 0 saturated heterocycles. The number of nitrogens with one attached hydrogen (secondary N) is 1. The Bertz CT molecular complexity index is 745. The Hall–Kier alpha value is -1.36. The first-order valence-electron chi connectivity index (χ1n) is 7.11. The third-order valence-electron chi connectivity index (χ3n) is 3.49. The molecule has 0 bridgehead atoms. The summed E-state index contributed by atoms with van der Waals surface area (Å²) in [6, 6.07) is 11.2. The van der Waals surface area contributed by atoms with Gasteiger partial charge in [-0.3, -0.25) is 0 Å². The zero-order valence-electron chi connectivity index (χ0n) is 13.0. The second kappa shape index (κ2) is 6.82. The molecule has 0 saturated carbocycles. The van der Waals surface area contributed by atoms with Gasteiger partial charge in [-0.1, -0.05) is 41.4 Å². The van der Waals surface area contributed by atoms with Gasteiger partial charge in [-0.2, -0.15) is 0 Å². The normalized spacial score (nSPS) is 11.6. The van der Waals surface area contributed by atoms with Crippen LogP contribution in [0.3, 0.4) is 0 Å². The van der Waals surface area contributed by atoms with Crippen molar-refractivity contribution < 1.29 is 8.42 Å². The molecule has 0 spiro atoms. The van der Waals surface area contributed by atoms with Crippen molar-refractivity contribution in [2.75, 3.05) is 6.54 Å².